The van der Waals surface area contributed by atoms with E-state index in [0.717, 1.165) is 19.1 Å². The Bertz CT molecular complexity index is 1200. The fourth-order valence-electron chi connectivity index (χ4n) is 3.00. The second-order valence-electron chi connectivity index (χ2n) is 6.72. The Balaban J connectivity index is 1.87. The topological polar surface area (TPSA) is 119 Å². The summed E-state index contributed by atoms with van der Waals surface area (Å²) < 4.78 is 32.4. The number of ether oxygens (including phenoxy) is 1. The Morgan fingerprint density at radius 2 is 1.84 bits per heavy atom. The largest absolute Gasteiger partial charge is 0.450 e. The number of rotatable bonds is 6. The third kappa shape index (κ3) is 5.02. The van der Waals surface area contributed by atoms with Gasteiger partial charge in [-0.2, -0.15) is 8.42 Å². The van der Waals surface area contributed by atoms with Crippen molar-refractivity contribution >= 4 is 38.8 Å². The Hall–Kier alpha value is -3.42. The molecule has 0 aromatic heterocycles. The van der Waals surface area contributed by atoms with Crippen LogP contribution in [0, 0.1) is 11.8 Å². The third-order valence-electron chi connectivity index (χ3n) is 4.36. The molecule has 0 aliphatic carbocycles. The molecule has 0 bridgehead atoms. The summed E-state index contributed by atoms with van der Waals surface area (Å²) in [6.07, 6.45) is 1.89. The van der Waals surface area contributed by atoms with Gasteiger partial charge in [0.1, 0.15) is 0 Å². The fourth-order valence-corrected chi connectivity index (χ4v) is 3.41. The molecule has 1 aliphatic heterocycles. The second kappa shape index (κ2) is 9.16. The number of hydrogen-bond acceptors (Lipinski definition) is 7. The highest BCUT2D eigenvalue weighted by Crippen LogP contribution is 2.32. The Labute approximate surface area is 179 Å². The standard InChI is InChI=1S/C21H20N2O7S/c1-3-4-13-29-21(26)22-12-6-7-14-10-11-17-18-15(14)8-5-9-16(18)19(24)23(20(17)25)30-31(2,27)28/h5,8-11H,3-4,12-13H2,1-2H3,(H,22,26). The zero-order valence-electron chi connectivity index (χ0n) is 16.9. The first kappa shape index (κ1) is 22.3. The third-order valence-corrected chi connectivity index (χ3v) is 4.78. The Morgan fingerprint density at radius 3 is 2.52 bits per heavy atom. The van der Waals surface area contributed by atoms with Crippen molar-refractivity contribution in [2.45, 2.75) is 19.8 Å². The van der Waals surface area contributed by atoms with Gasteiger partial charge >= 0.3 is 6.09 Å². The molecule has 9 nitrogen and oxygen atoms in total. The lowest BCUT2D eigenvalue weighted by atomic mass is 9.92. The normalized spacial score (nSPS) is 13.0. The van der Waals surface area contributed by atoms with E-state index in [0.29, 0.717) is 22.9 Å². The minimum Gasteiger partial charge on any atom is -0.450 e. The SMILES string of the molecule is CCCCOC(=O)NCC#Cc1ccc2c3c(cccc13)C(=O)N(OS(C)(=O)=O)C2=O. The summed E-state index contributed by atoms with van der Waals surface area (Å²) in [4.78, 5) is 36.9. The van der Waals surface area contributed by atoms with Gasteiger partial charge < -0.3 is 10.1 Å². The first-order valence-electron chi connectivity index (χ1n) is 9.46. The number of amides is 3. The minimum absolute atomic E-state index is 0.0573. The molecule has 3 amide bonds. The van der Waals surface area contributed by atoms with Crippen LogP contribution in [-0.4, -0.2) is 50.8 Å². The molecule has 0 fully saturated rings. The van der Waals surface area contributed by atoms with E-state index in [-0.39, 0.29) is 22.7 Å². The van der Waals surface area contributed by atoms with Crippen molar-refractivity contribution in [2.24, 2.45) is 0 Å². The number of hydrogen-bond donors (Lipinski definition) is 1. The predicted molar refractivity (Wildman–Crippen MR) is 112 cm³/mol. The Morgan fingerprint density at radius 1 is 1.13 bits per heavy atom. The van der Waals surface area contributed by atoms with Crippen LogP contribution in [0.3, 0.4) is 0 Å². The van der Waals surface area contributed by atoms with Gasteiger partial charge in [-0.15, -0.1) is 9.35 Å². The lowest BCUT2D eigenvalue weighted by molar-refractivity contribution is -0.0149. The average molecular weight is 444 g/mol. The molecule has 10 heteroatoms. The number of alkyl carbamates (subject to hydrolysis) is 1. The second-order valence-corrected chi connectivity index (χ2v) is 8.27. The van der Waals surface area contributed by atoms with Gasteiger partial charge in [-0.1, -0.05) is 37.3 Å². The number of benzene rings is 2. The van der Waals surface area contributed by atoms with Crippen LogP contribution in [0.15, 0.2) is 30.3 Å². The molecule has 0 spiro atoms. The molecule has 1 heterocycles. The molecule has 162 valence electrons. The van der Waals surface area contributed by atoms with Crippen LogP contribution in [0.1, 0.15) is 46.0 Å². The smallest absolute Gasteiger partial charge is 0.407 e. The molecule has 2 aromatic carbocycles. The van der Waals surface area contributed by atoms with E-state index in [4.69, 9.17) is 4.74 Å². The van der Waals surface area contributed by atoms with Gasteiger partial charge in [0.25, 0.3) is 21.9 Å². The minimum atomic E-state index is -4.08. The van der Waals surface area contributed by atoms with Gasteiger partial charge in [-0.25, -0.2) is 4.79 Å². The van der Waals surface area contributed by atoms with E-state index in [1.54, 1.807) is 18.2 Å². The molecule has 0 atom stereocenters. The summed E-state index contributed by atoms with van der Waals surface area (Å²) in [5.41, 5.74) is 0.786. The maximum absolute atomic E-state index is 12.7. The molecule has 0 unspecified atom stereocenters. The fraction of sp³-hybridized carbons (Fsp3) is 0.286. The lowest BCUT2D eigenvalue weighted by Crippen LogP contribution is -2.41. The first-order chi connectivity index (χ1) is 14.7. The van der Waals surface area contributed by atoms with Crippen LogP contribution in [0.5, 0.6) is 0 Å². The van der Waals surface area contributed by atoms with Gasteiger partial charge in [0.15, 0.2) is 0 Å². The maximum atomic E-state index is 12.7. The summed E-state index contributed by atoms with van der Waals surface area (Å²) in [7, 11) is -4.08. The number of hydroxylamine groups is 2. The predicted octanol–water partition coefficient (Wildman–Crippen LogP) is 2.20. The highest BCUT2D eigenvalue weighted by molar-refractivity contribution is 7.85. The van der Waals surface area contributed by atoms with Gasteiger partial charge in [-0.3, -0.25) is 9.59 Å². The molecule has 31 heavy (non-hydrogen) atoms. The van der Waals surface area contributed by atoms with Crippen LogP contribution in [-0.2, 0) is 19.1 Å². The van der Waals surface area contributed by atoms with Crippen molar-refractivity contribution in [1.29, 1.82) is 0 Å². The summed E-state index contributed by atoms with van der Waals surface area (Å²) in [5.74, 6) is 3.96. The van der Waals surface area contributed by atoms with Crippen LogP contribution in [0.4, 0.5) is 4.79 Å². The van der Waals surface area contributed by atoms with Crippen LogP contribution >= 0.6 is 0 Å². The molecule has 1 aliphatic rings. The number of imide groups is 1. The molecule has 0 radical (unpaired) electrons. The molecular formula is C21H20N2O7S. The molecular weight excluding hydrogens is 424 g/mol. The first-order valence-corrected chi connectivity index (χ1v) is 11.3. The van der Waals surface area contributed by atoms with E-state index in [9.17, 15) is 22.8 Å². The molecule has 1 N–H and O–H groups in total. The van der Waals surface area contributed by atoms with Crippen molar-refractivity contribution in [2.75, 3.05) is 19.4 Å². The van der Waals surface area contributed by atoms with Crippen LogP contribution in [0.25, 0.3) is 10.8 Å². The van der Waals surface area contributed by atoms with E-state index in [1.807, 2.05) is 6.92 Å². The van der Waals surface area contributed by atoms with E-state index in [1.165, 1.54) is 12.1 Å². The number of nitrogens with one attached hydrogen (secondary N) is 1. The highest BCUT2D eigenvalue weighted by Gasteiger charge is 2.36. The quantitative estimate of drug-likeness (QED) is 0.412. The summed E-state index contributed by atoms with van der Waals surface area (Å²) in [6, 6.07) is 7.81. The molecule has 3 rings (SSSR count). The zero-order valence-corrected chi connectivity index (χ0v) is 17.7. The number of unbranched alkanes of at least 4 members (excludes halogenated alkanes) is 1. The maximum Gasteiger partial charge on any atom is 0.407 e. The highest BCUT2D eigenvalue weighted by atomic mass is 32.2. The number of carbonyl (C=O) groups is 3. The van der Waals surface area contributed by atoms with E-state index in [2.05, 4.69) is 21.4 Å². The molecule has 2 aromatic rings. The zero-order chi connectivity index (χ0) is 22.6. The van der Waals surface area contributed by atoms with Crippen molar-refractivity contribution in [3.05, 3.63) is 47.0 Å². The van der Waals surface area contributed by atoms with Crippen molar-refractivity contribution < 1.29 is 31.8 Å². The molecule has 0 saturated carbocycles. The molecule has 0 saturated heterocycles. The van der Waals surface area contributed by atoms with Crippen LogP contribution in [0.2, 0.25) is 0 Å². The van der Waals surface area contributed by atoms with Crippen molar-refractivity contribution in [1.82, 2.24) is 10.4 Å². The number of carbonyl (C=O) groups excluding carboxylic acids is 3. The van der Waals surface area contributed by atoms with Crippen LogP contribution < -0.4 is 5.32 Å². The van der Waals surface area contributed by atoms with Gasteiger partial charge in [0.05, 0.1) is 30.5 Å². The van der Waals surface area contributed by atoms with E-state index >= 15 is 0 Å². The van der Waals surface area contributed by atoms with Gasteiger partial charge in [0, 0.05) is 10.9 Å². The average Bonchev–Trinajstić information content (AvgIpc) is 2.72. The summed E-state index contributed by atoms with van der Waals surface area (Å²) in [5, 5.41) is 3.68. The lowest BCUT2D eigenvalue weighted by Gasteiger charge is -2.25. The van der Waals surface area contributed by atoms with Gasteiger partial charge in [0.2, 0.25) is 0 Å². The van der Waals surface area contributed by atoms with Crippen molar-refractivity contribution in [3.8, 4) is 11.8 Å². The monoisotopic (exact) mass is 444 g/mol. The summed E-state index contributed by atoms with van der Waals surface area (Å²) in [6.45, 7) is 2.39. The Kier molecular flexibility index (Phi) is 6.58. The van der Waals surface area contributed by atoms with Crippen molar-refractivity contribution in [3.63, 3.8) is 0 Å². The van der Waals surface area contributed by atoms with E-state index < -0.39 is 28.0 Å². The van der Waals surface area contributed by atoms with Gasteiger partial charge in [-0.05, 0) is 30.0 Å². The summed E-state index contributed by atoms with van der Waals surface area (Å²) >= 11 is 0. The number of nitrogens with zero attached hydrogens (tertiary/aromatic N) is 1.